The second-order valence-corrected chi connectivity index (χ2v) is 10.5. The highest BCUT2D eigenvalue weighted by atomic mass is 35.5. The zero-order valence-electron chi connectivity index (χ0n) is 21.8. The molecule has 1 aliphatic carbocycles. The van der Waals surface area contributed by atoms with Crippen LogP contribution >= 0.6 is 34.5 Å². The van der Waals surface area contributed by atoms with Gasteiger partial charge in [0.1, 0.15) is 11.6 Å². The van der Waals surface area contributed by atoms with Gasteiger partial charge in [-0.25, -0.2) is 10.2 Å². The summed E-state index contributed by atoms with van der Waals surface area (Å²) >= 11 is 13.5. The van der Waals surface area contributed by atoms with Gasteiger partial charge in [0, 0.05) is 20.5 Å². The highest BCUT2D eigenvalue weighted by Crippen LogP contribution is 2.39. The molecular weight excluding hydrogens is 577 g/mol. The SMILES string of the molecule is CCOC(=O)c1c(NC(=O)C(=O)NN=Cc2ccc(OCc3ccc(Cl)cc3Cl)c(OCC)c2)sc2c1CCC2. The molecule has 12 heteroatoms. The molecule has 0 radical (unpaired) electrons. The Kier molecular flexibility index (Phi) is 10.0. The number of aryl methyl sites for hydroxylation is 1. The highest BCUT2D eigenvalue weighted by molar-refractivity contribution is 7.17. The van der Waals surface area contributed by atoms with Gasteiger partial charge in [0.05, 0.1) is 25.0 Å². The topological polar surface area (TPSA) is 115 Å². The van der Waals surface area contributed by atoms with E-state index >= 15 is 0 Å². The molecule has 4 rings (SSSR count). The number of esters is 1. The van der Waals surface area contributed by atoms with Crippen LogP contribution in [0.25, 0.3) is 0 Å². The molecule has 210 valence electrons. The van der Waals surface area contributed by atoms with E-state index in [4.69, 9.17) is 37.4 Å². The third-order valence-electron chi connectivity index (χ3n) is 5.88. The molecule has 9 nitrogen and oxygen atoms in total. The summed E-state index contributed by atoms with van der Waals surface area (Å²) in [5, 5.41) is 7.76. The third-order valence-corrected chi connectivity index (χ3v) is 7.67. The fourth-order valence-electron chi connectivity index (χ4n) is 4.07. The summed E-state index contributed by atoms with van der Waals surface area (Å²) in [7, 11) is 0. The lowest BCUT2D eigenvalue weighted by Crippen LogP contribution is -2.32. The quantitative estimate of drug-likeness (QED) is 0.131. The predicted molar refractivity (Wildman–Crippen MR) is 155 cm³/mol. The second kappa shape index (κ2) is 13.6. The first-order chi connectivity index (χ1) is 19.3. The van der Waals surface area contributed by atoms with E-state index in [9.17, 15) is 14.4 Å². The summed E-state index contributed by atoms with van der Waals surface area (Å²) in [6.45, 7) is 4.37. The predicted octanol–water partition coefficient (Wildman–Crippen LogP) is 5.79. The molecule has 2 amide bonds. The first-order valence-electron chi connectivity index (χ1n) is 12.6. The van der Waals surface area contributed by atoms with E-state index in [1.54, 1.807) is 43.3 Å². The molecule has 0 spiro atoms. The number of amides is 2. The van der Waals surface area contributed by atoms with Gasteiger partial charge < -0.3 is 19.5 Å². The number of hydrazone groups is 1. The van der Waals surface area contributed by atoms with Crippen molar-refractivity contribution in [2.45, 2.75) is 39.7 Å². The zero-order chi connectivity index (χ0) is 28.6. The van der Waals surface area contributed by atoms with Gasteiger partial charge in [-0.2, -0.15) is 5.10 Å². The smallest absolute Gasteiger partial charge is 0.341 e. The number of carbonyl (C=O) groups excluding carboxylic acids is 3. The molecule has 0 aliphatic heterocycles. The standard InChI is InChI=1S/C28H27Cl2N3O6S/c1-3-37-22-12-16(8-11-21(22)39-15-17-9-10-18(29)13-20(17)30)14-31-33-26(35)25(34)32-27-24(28(36)38-4-2)19-6-5-7-23(19)40-27/h8-14H,3-7,15H2,1-2H3,(H,32,34)(H,33,35). The van der Waals surface area contributed by atoms with Gasteiger partial charge in [-0.15, -0.1) is 11.3 Å². The molecule has 0 saturated heterocycles. The minimum atomic E-state index is -0.982. The number of hydrogen-bond donors (Lipinski definition) is 2. The van der Waals surface area contributed by atoms with Crippen molar-refractivity contribution in [1.29, 1.82) is 0 Å². The van der Waals surface area contributed by atoms with Crippen LogP contribution < -0.4 is 20.2 Å². The monoisotopic (exact) mass is 603 g/mol. The van der Waals surface area contributed by atoms with Crippen LogP contribution in [0.4, 0.5) is 5.00 Å². The Balaban J connectivity index is 1.38. The number of nitrogens with zero attached hydrogens (tertiary/aromatic N) is 1. The van der Waals surface area contributed by atoms with Crippen LogP contribution in [0.3, 0.4) is 0 Å². The molecule has 2 N–H and O–H groups in total. The van der Waals surface area contributed by atoms with Gasteiger partial charge in [-0.05, 0) is 74.6 Å². The normalized spacial score (nSPS) is 12.2. The molecule has 1 heterocycles. The molecule has 1 aliphatic rings. The van der Waals surface area contributed by atoms with Crippen LogP contribution in [0, 0.1) is 0 Å². The molecule has 40 heavy (non-hydrogen) atoms. The second-order valence-electron chi connectivity index (χ2n) is 8.60. The molecule has 0 unspecified atom stereocenters. The molecule has 1 aromatic heterocycles. The van der Waals surface area contributed by atoms with E-state index in [2.05, 4.69) is 15.8 Å². The maximum absolute atomic E-state index is 12.5. The number of thiophene rings is 1. The van der Waals surface area contributed by atoms with Crippen molar-refractivity contribution in [3.8, 4) is 11.5 Å². The number of rotatable bonds is 10. The van der Waals surface area contributed by atoms with Crippen molar-refractivity contribution in [2.24, 2.45) is 5.10 Å². The molecule has 0 bridgehead atoms. The van der Waals surface area contributed by atoms with Crippen LogP contribution in [-0.2, 0) is 33.8 Å². The average molecular weight is 605 g/mol. The number of benzene rings is 2. The number of anilines is 1. The van der Waals surface area contributed by atoms with E-state index in [-0.39, 0.29) is 13.2 Å². The highest BCUT2D eigenvalue weighted by Gasteiger charge is 2.29. The van der Waals surface area contributed by atoms with Crippen LogP contribution in [0.2, 0.25) is 10.0 Å². The van der Waals surface area contributed by atoms with Crippen LogP contribution in [-0.4, -0.2) is 37.2 Å². The van der Waals surface area contributed by atoms with Gasteiger partial charge in [0.25, 0.3) is 0 Å². The lowest BCUT2D eigenvalue weighted by Gasteiger charge is -2.13. The van der Waals surface area contributed by atoms with Crippen molar-refractivity contribution < 1.29 is 28.6 Å². The molecule has 0 saturated carbocycles. The minimum absolute atomic E-state index is 0.208. The first-order valence-corrected chi connectivity index (χ1v) is 14.2. The van der Waals surface area contributed by atoms with Gasteiger partial charge in [0.15, 0.2) is 11.5 Å². The van der Waals surface area contributed by atoms with Crippen molar-refractivity contribution in [1.82, 2.24) is 5.43 Å². The summed E-state index contributed by atoms with van der Waals surface area (Å²) in [5.74, 6) is -1.47. The summed E-state index contributed by atoms with van der Waals surface area (Å²) in [6, 6.07) is 10.3. The number of carbonyl (C=O) groups is 3. The third kappa shape index (κ3) is 7.12. The van der Waals surface area contributed by atoms with Gasteiger partial charge in [-0.3, -0.25) is 9.59 Å². The van der Waals surface area contributed by atoms with Crippen molar-refractivity contribution in [3.05, 3.63) is 73.6 Å². The van der Waals surface area contributed by atoms with Crippen molar-refractivity contribution >= 4 is 63.5 Å². The Morgan fingerprint density at radius 2 is 1.82 bits per heavy atom. The fraction of sp³-hybridized carbons (Fsp3) is 0.286. The van der Waals surface area contributed by atoms with Gasteiger partial charge in [-0.1, -0.05) is 29.3 Å². The Morgan fingerprint density at radius 3 is 2.58 bits per heavy atom. The fourth-order valence-corrected chi connectivity index (χ4v) is 5.81. The van der Waals surface area contributed by atoms with E-state index in [1.165, 1.54) is 17.6 Å². The molecule has 2 aromatic carbocycles. The average Bonchev–Trinajstić information content (AvgIpc) is 3.50. The number of ether oxygens (including phenoxy) is 3. The zero-order valence-corrected chi connectivity index (χ0v) is 24.2. The maximum atomic E-state index is 12.5. The molecular formula is C28H27Cl2N3O6S. The van der Waals surface area contributed by atoms with Gasteiger partial charge >= 0.3 is 17.8 Å². The number of hydrogen-bond acceptors (Lipinski definition) is 8. The minimum Gasteiger partial charge on any atom is -0.490 e. The Bertz CT molecular complexity index is 1460. The number of nitrogens with one attached hydrogen (secondary N) is 2. The van der Waals surface area contributed by atoms with Gasteiger partial charge in [0.2, 0.25) is 0 Å². The largest absolute Gasteiger partial charge is 0.490 e. The Labute approximate surface area is 245 Å². The van der Waals surface area contributed by atoms with Crippen molar-refractivity contribution in [3.63, 3.8) is 0 Å². The number of halogens is 2. The summed E-state index contributed by atoms with van der Waals surface area (Å²) in [4.78, 5) is 38.4. The summed E-state index contributed by atoms with van der Waals surface area (Å²) in [6.07, 6.45) is 3.86. The van der Waals surface area contributed by atoms with Crippen LogP contribution in [0.15, 0.2) is 41.5 Å². The summed E-state index contributed by atoms with van der Waals surface area (Å²) < 4.78 is 16.7. The van der Waals surface area contributed by atoms with Crippen molar-refractivity contribution in [2.75, 3.05) is 18.5 Å². The number of fused-ring (bicyclic) bond motifs is 1. The lowest BCUT2D eigenvalue weighted by atomic mass is 10.1. The van der Waals surface area contributed by atoms with Crippen LogP contribution in [0.5, 0.6) is 11.5 Å². The molecule has 3 aromatic rings. The van der Waals surface area contributed by atoms with E-state index in [1.807, 2.05) is 6.92 Å². The Hall–Kier alpha value is -3.60. The maximum Gasteiger partial charge on any atom is 0.341 e. The lowest BCUT2D eigenvalue weighted by molar-refractivity contribution is -0.136. The molecule has 0 fully saturated rings. The van der Waals surface area contributed by atoms with E-state index in [0.717, 1.165) is 35.3 Å². The summed E-state index contributed by atoms with van der Waals surface area (Å²) in [5.41, 5.74) is 4.78. The van der Waals surface area contributed by atoms with Crippen LogP contribution in [0.1, 0.15) is 52.2 Å². The van der Waals surface area contributed by atoms with E-state index < -0.39 is 17.8 Å². The Morgan fingerprint density at radius 1 is 1.00 bits per heavy atom. The van der Waals surface area contributed by atoms with E-state index in [0.29, 0.717) is 44.3 Å². The molecule has 0 atom stereocenters. The first kappa shape index (κ1) is 29.4.